The number of phenols is 2. The zero-order valence-electron chi connectivity index (χ0n) is 20.5. The third-order valence-corrected chi connectivity index (χ3v) is 6.54. The predicted molar refractivity (Wildman–Crippen MR) is 135 cm³/mol. The molecule has 184 valence electrons. The highest BCUT2D eigenvalue weighted by atomic mass is 16.3. The fourth-order valence-electron chi connectivity index (χ4n) is 4.59. The maximum Gasteiger partial charge on any atom is 0.258 e. The van der Waals surface area contributed by atoms with Crippen molar-refractivity contribution in [1.82, 2.24) is 10.2 Å². The standard InChI is InChI=1S/C26H36N4O4/c1-5-28(6-2)20-13-9-11-18(23(20)31)24(32)22-17-27-15-16-30(22)26(34)19-12-10-14-21(25(19)33)29(7-3)8-4/h9-14,22,27,31,33H,5-8,15-17H2,1-4H3. The molecule has 2 aromatic carbocycles. The number of amides is 1. The van der Waals surface area contributed by atoms with Crippen LogP contribution in [0.2, 0.25) is 0 Å². The van der Waals surface area contributed by atoms with Gasteiger partial charge in [0.25, 0.3) is 5.91 Å². The average Bonchev–Trinajstić information content (AvgIpc) is 2.86. The highest BCUT2D eigenvalue weighted by molar-refractivity contribution is 6.08. The number of benzene rings is 2. The lowest BCUT2D eigenvalue weighted by atomic mass is 9.98. The number of hydrogen-bond acceptors (Lipinski definition) is 7. The Bertz CT molecular complexity index is 936. The van der Waals surface area contributed by atoms with E-state index in [4.69, 9.17) is 0 Å². The molecule has 1 fully saturated rings. The quantitative estimate of drug-likeness (QED) is 0.487. The number of piperazine rings is 1. The van der Waals surface area contributed by atoms with E-state index in [1.54, 1.807) is 36.4 Å². The van der Waals surface area contributed by atoms with Gasteiger partial charge >= 0.3 is 0 Å². The Morgan fingerprint density at radius 3 is 1.91 bits per heavy atom. The minimum absolute atomic E-state index is 0.0689. The molecule has 1 aliphatic rings. The molecule has 1 aliphatic heterocycles. The summed E-state index contributed by atoms with van der Waals surface area (Å²) in [4.78, 5) is 32.6. The van der Waals surface area contributed by atoms with Gasteiger partial charge in [-0.2, -0.15) is 0 Å². The number of rotatable bonds is 9. The van der Waals surface area contributed by atoms with Gasteiger partial charge in [-0.3, -0.25) is 9.59 Å². The maximum absolute atomic E-state index is 13.6. The Morgan fingerprint density at radius 2 is 1.38 bits per heavy atom. The summed E-state index contributed by atoms with van der Waals surface area (Å²) in [6.07, 6.45) is 0. The summed E-state index contributed by atoms with van der Waals surface area (Å²) in [5.41, 5.74) is 1.56. The molecule has 0 radical (unpaired) electrons. The lowest BCUT2D eigenvalue weighted by Crippen LogP contribution is -2.57. The van der Waals surface area contributed by atoms with Gasteiger partial charge in [0.15, 0.2) is 11.5 Å². The molecule has 3 rings (SSSR count). The first-order valence-corrected chi connectivity index (χ1v) is 12.1. The summed E-state index contributed by atoms with van der Waals surface area (Å²) in [5.74, 6) is -0.870. The van der Waals surface area contributed by atoms with E-state index < -0.39 is 11.9 Å². The van der Waals surface area contributed by atoms with Crippen LogP contribution in [-0.4, -0.2) is 78.7 Å². The normalized spacial score (nSPS) is 15.8. The van der Waals surface area contributed by atoms with Gasteiger partial charge in [0.1, 0.15) is 11.8 Å². The van der Waals surface area contributed by atoms with E-state index in [1.807, 2.05) is 37.5 Å². The number of phenolic OH excluding ortho intramolecular Hbond substituents is 2. The molecule has 0 aliphatic carbocycles. The lowest BCUT2D eigenvalue weighted by molar-refractivity contribution is 0.0566. The van der Waals surface area contributed by atoms with Gasteiger partial charge in [0, 0.05) is 45.8 Å². The Morgan fingerprint density at radius 1 is 0.882 bits per heavy atom. The minimum Gasteiger partial charge on any atom is -0.505 e. The summed E-state index contributed by atoms with van der Waals surface area (Å²) in [5, 5.41) is 25.0. The second-order valence-electron chi connectivity index (χ2n) is 8.27. The number of anilines is 2. The van der Waals surface area contributed by atoms with E-state index in [2.05, 4.69) is 5.32 Å². The van der Waals surface area contributed by atoms with Crippen molar-refractivity contribution in [3.05, 3.63) is 47.5 Å². The summed E-state index contributed by atoms with van der Waals surface area (Å²) >= 11 is 0. The van der Waals surface area contributed by atoms with Gasteiger partial charge < -0.3 is 30.2 Å². The van der Waals surface area contributed by atoms with E-state index >= 15 is 0 Å². The smallest absolute Gasteiger partial charge is 0.258 e. The van der Waals surface area contributed by atoms with Crippen LogP contribution in [0.3, 0.4) is 0 Å². The lowest BCUT2D eigenvalue weighted by Gasteiger charge is -2.36. The van der Waals surface area contributed by atoms with Gasteiger partial charge in [-0.1, -0.05) is 12.1 Å². The first-order valence-electron chi connectivity index (χ1n) is 12.1. The van der Waals surface area contributed by atoms with E-state index in [9.17, 15) is 19.8 Å². The third kappa shape index (κ3) is 4.82. The van der Waals surface area contributed by atoms with Gasteiger partial charge in [-0.15, -0.1) is 0 Å². The van der Waals surface area contributed by atoms with Crippen molar-refractivity contribution >= 4 is 23.1 Å². The largest absolute Gasteiger partial charge is 0.505 e. The van der Waals surface area contributed by atoms with Gasteiger partial charge in [0.05, 0.1) is 22.5 Å². The summed E-state index contributed by atoms with van der Waals surface area (Å²) in [6, 6.07) is 9.47. The monoisotopic (exact) mass is 468 g/mol. The van der Waals surface area contributed by atoms with Crippen molar-refractivity contribution < 1.29 is 19.8 Å². The highest BCUT2D eigenvalue weighted by Crippen LogP contribution is 2.34. The molecule has 34 heavy (non-hydrogen) atoms. The molecular formula is C26H36N4O4. The Kier molecular flexibility index (Phi) is 8.39. The summed E-state index contributed by atoms with van der Waals surface area (Å²) in [6.45, 7) is 11.9. The molecule has 0 spiro atoms. The Balaban J connectivity index is 1.96. The summed E-state index contributed by atoms with van der Waals surface area (Å²) in [7, 11) is 0. The molecule has 1 heterocycles. The van der Waals surface area contributed by atoms with Crippen molar-refractivity contribution in [3.8, 4) is 11.5 Å². The van der Waals surface area contributed by atoms with Crippen molar-refractivity contribution in [2.24, 2.45) is 0 Å². The maximum atomic E-state index is 13.6. The number of ketones is 1. The Labute approximate surface area is 201 Å². The number of carbonyl (C=O) groups is 2. The fourth-order valence-corrected chi connectivity index (χ4v) is 4.59. The molecule has 1 unspecified atom stereocenters. The molecule has 3 N–H and O–H groups in total. The van der Waals surface area contributed by atoms with Crippen molar-refractivity contribution in [2.45, 2.75) is 33.7 Å². The average molecular weight is 469 g/mol. The van der Waals surface area contributed by atoms with E-state index in [-0.39, 0.29) is 35.0 Å². The van der Waals surface area contributed by atoms with Crippen LogP contribution in [0, 0.1) is 0 Å². The first-order chi connectivity index (χ1) is 16.4. The molecule has 1 saturated heterocycles. The molecule has 2 aromatic rings. The van der Waals surface area contributed by atoms with Crippen LogP contribution in [0.5, 0.6) is 11.5 Å². The molecule has 0 aromatic heterocycles. The number of carbonyl (C=O) groups excluding carboxylic acids is 2. The molecular weight excluding hydrogens is 432 g/mol. The zero-order chi connectivity index (χ0) is 24.8. The molecule has 1 amide bonds. The van der Waals surface area contributed by atoms with Crippen molar-refractivity contribution in [2.75, 3.05) is 55.6 Å². The molecule has 0 bridgehead atoms. The van der Waals surface area contributed by atoms with Crippen molar-refractivity contribution in [1.29, 1.82) is 0 Å². The van der Waals surface area contributed by atoms with Crippen LogP contribution in [0.1, 0.15) is 48.4 Å². The van der Waals surface area contributed by atoms with Crippen LogP contribution in [0.25, 0.3) is 0 Å². The Hall–Kier alpha value is -3.26. The topological polar surface area (TPSA) is 96.4 Å². The van der Waals surface area contributed by atoms with Gasteiger partial charge in [-0.05, 0) is 52.0 Å². The number of aromatic hydroxyl groups is 2. The van der Waals surface area contributed by atoms with Gasteiger partial charge in [-0.25, -0.2) is 0 Å². The fraction of sp³-hybridized carbons (Fsp3) is 0.462. The van der Waals surface area contributed by atoms with Gasteiger partial charge in [0.2, 0.25) is 0 Å². The number of Topliss-reactive ketones (excluding diaryl/α,β-unsaturated/α-hetero) is 1. The number of para-hydroxylation sites is 2. The predicted octanol–water partition coefficient (Wildman–Crippen LogP) is 3.09. The second kappa shape index (κ2) is 11.2. The van der Waals surface area contributed by atoms with E-state index in [1.165, 1.54) is 4.90 Å². The number of hydrogen-bond donors (Lipinski definition) is 3. The molecule has 0 saturated carbocycles. The first kappa shape index (κ1) is 25.4. The molecule has 1 atom stereocenters. The van der Waals surface area contributed by atoms with E-state index in [0.29, 0.717) is 50.6 Å². The van der Waals surface area contributed by atoms with Crippen molar-refractivity contribution in [3.63, 3.8) is 0 Å². The van der Waals surface area contributed by atoms with Crippen LogP contribution in [0.4, 0.5) is 11.4 Å². The highest BCUT2D eigenvalue weighted by Gasteiger charge is 2.36. The minimum atomic E-state index is -0.796. The zero-order valence-corrected chi connectivity index (χ0v) is 20.5. The van der Waals surface area contributed by atoms with Crippen LogP contribution >= 0.6 is 0 Å². The van der Waals surface area contributed by atoms with Crippen LogP contribution < -0.4 is 15.1 Å². The molecule has 8 nitrogen and oxygen atoms in total. The second-order valence-corrected chi connectivity index (χ2v) is 8.27. The van der Waals surface area contributed by atoms with Crippen LogP contribution in [0.15, 0.2) is 36.4 Å². The summed E-state index contributed by atoms with van der Waals surface area (Å²) < 4.78 is 0. The van der Waals surface area contributed by atoms with Crippen LogP contribution in [-0.2, 0) is 0 Å². The number of nitrogens with zero attached hydrogens (tertiary/aromatic N) is 3. The SMILES string of the molecule is CCN(CC)c1cccc(C(=O)C2CNCCN2C(=O)c2cccc(N(CC)CC)c2O)c1O. The number of nitrogens with one attached hydrogen (secondary N) is 1. The van der Waals surface area contributed by atoms with E-state index in [0.717, 1.165) is 0 Å². The third-order valence-electron chi connectivity index (χ3n) is 6.54. The molecule has 8 heteroatoms.